The van der Waals surface area contributed by atoms with Gasteiger partial charge in [-0.25, -0.2) is 0 Å². The summed E-state index contributed by atoms with van der Waals surface area (Å²) in [5.41, 5.74) is 2.09. The Balaban J connectivity index is 2.04. The number of aliphatic hydroxyl groups is 1. The molecule has 0 unspecified atom stereocenters. The van der Waals surface area contributed by atoms with Crippen LogP contribution in [0.3, 0.4) is 0 Å². The Hall–Kier alpha value is -1.39. The monoisotopic (exact) mass is 248 g/mol. The Morgan fingerprint density at radius 1 is 1.44 bits per heavy atom. The van der Waals surface area contributed by atoms with Crippen LogP contribution in [0.25, 0.3) is 0 Å². The SMILES string of the molecule is CCN(C(=O)CN1CC(O)C1)c1ccccc1C. The van der Waals surface area contributed by atoms with Crippen LogP contribution in [0.15, 0.2) is 24.3 Å². The van der Waals surface area contributed by atoms with Crippen molar-refractivity contribution < 1.29 is 9.90 Å². The third kappa shape index (κ3) is 2.71. The summed E-state index contributed by atoms with van der Waals surface area (Å²) in [7, 11) is 0. The summed E-state index contributed by atoms with van der Waals surface area (Å²) in [6.45, 7) is 6.27. The van der Waals surface area contributed by atoms with Crippen LogP contribution >= 0.6 is 0 Å². The minimum Gasteiger partial charge on any atom is -0.390 e. The number of amides is 1. The molecule has 2 rings (SSSR count). The Morgan fingerprint density at radius 2 is 2.11 bits per heavy atom. The lowest BCUT2D eigenvalue weighted by molar-refractivity contribution is -0.122. The van der Waals surface area contributed by atoms with Crippen molar-refractivity contribution in [3.05, 3.63) is 29.8 Å². The zero-order valence-corrected chi connectivity index (χ0v) is 11.0. The molecular weight excluding hydrogens is 228 g/mol. The molecule has 1 aliphatic rings. The number of aryl methyl sites for hydroxylation is 1. The number of benzene rings is 1. The van der Waals surface area contributed by atoms with Crippen LogP contribution in [0.1, 0.15) is 12.5 Å². The van der Waals surface area contributed by atoms with Gasteiger partial charge in [0, 0.05) is 25.3 Å². The summed E-state index contributed by atoms with van der Waals surface area (Å²) >= 11 is 0. The predicted octanol–water partition coefficient (Wildman–Crippen LogP) is 1.02. The van der Waals surface area contributed by atoms with Gasteiger partial charge < -0.3 is 10.0 Å². The van der Waals surface area contributed by atoms with E-state index < -0.39 is 0 Å². The molecule has 1 aromatic carbocycles. The van der Waals surface area contributed by atoms with E-state index in [1.54, 1.807) is 4.90 Å². The second-order valence-electron chi connectivity index (χ2n) is 4.77. The van der Waals surface area contributed by atoms with Gasteiger partial charge in [-0.05, 0) is 25.5 Å². The standard InChI is InChI=1S/C14H20N2O2/c1-3-16(13-7-5-4-6-11(13)2)14(18)10-15-8-12(17)9-15/h4-7,12,17H,3,8-10H2,1-2H3. The second kappa shape index (κ2) is 5.50. The van der Waals surface area contributed by atoms with Gasteiger partial charge in [0.05, 0.1) is 12.6 Å². The molecule has 1 N–H and O–H groups in total. The fourth-order valence-electron chi connectivity index (χ4n) is 2.30. The highest BCUT2D eigenvalue weighted by Gasteiger charge is 2.27. The lowest BCUT2D eigenvalue weighted by Crippen LogP contribution is -2.54. The molecule has 0 bridgehead atoms. The lowest BCUT2D eigenvalue weighted by Gasteiger charge is -2.36. The summed E-state index contributed by atoms with van der Waals surface area (Å²) in [4.78, 5) is 16.0. The highest BCUT2D eigenvalue weighted by Crippen LogP contribution is 2.20. The van der Waals surface area contributed by atoms with Crippen molar-refractivity contribution in [2.24, 2.45) is 0 Å². The van der Waals surface area contributed by atoms with Crippen molar-refractivity contribution in [3.8, 4) is 0 Å². The van der Waals surface area contributed by atoms with E-state index in [0.29, 0.717) is 26.2 Å². The predicted molar refractivity (Wildman–Crippen MR) is 71.7 cm³/mol. The number of likely N-dealkylation sites (N-methyl/N-ethyl adjacent to an activating group) is 1. The van der Waals surface area contributed by atoms with E-state index in [0.717, 1.165) is 11.3 Å². The van der Waals surface area contributed by atoms with Gasteiger partial charge >= 0.3 is 0 Å². The Bertz CT molecular complexity index is 428. The average Bonchev–Trinajstić information content (AvgIpc) is 2.30. The summed E-state index contributed by atoms with van der Waals surface area (Å²) in [5.74, 6) is 0.0960. The summed E-state index contributed by atoms with van der Waals surface area (Å²) < 4.78 is 0. The number of para-hydroxylation sites is 1. The largest absolute Gasteiger partial charge is 0.390 e. The maximum Gasteiger partial charge on any atom is 0.241 e. The van der Waals surface area contributed by atoms with Crippen molar-refractivity contribution in [3.63, 3.8) is 0 Å². The van der Waals surface area contributed by atoms with Crippen molar-refractivity contribution >= 4 is 11.6 Å². The number of anilines is 1. The van der Waals surface area contributed by atoms with Crippen molar-refractivity contribution in [2.45, 2.75) is 20.0 Å². The maximum atomic E-state index is 12.2. The molecule has 1 amide bonds. The molecule has 18 heavy (non-hydrogen) atoms. The van der Waals surface area contributed by atoms with Crippen molar-refractivity contribution in [1.82, 2.24) is 4.90 Å². The molecule has 1 aromatic rings. The highest BCUT2D eigenvalue weighted by molar-refractivity contribution is 5.95. The molecule has 1 fully saturated rings. The molecule has 98 valence electrons. The molecule has 1 saturated heterocycles. The van der Waals surface area contributed by atoms with Gasteiger partial charge in [-0.2, -0.15) is 0 Å². The van der Waals surface area contributed by atoms with E-state index >= 15 is 0 Å². The van der Waals surface area contributed by atoms with Crippen molar-refractivity contribution in [2.75, 3.05) is 31.1 Å². The first-order valence-electron chi connectivity index (χ1n) is 6.38. The Labute approximate surface area is 108 Å². The molecule has 4 heteroatoms. The first-order valence-corrected chi connectivity index (χ1v) is 6.38. The molecule has 0 aromatic heterocycles. The summed E-state index contributed by atoms with van der Waals surface area (Å²) in [6, 6.07) is 7.91. The number of carbonyl (C=O) groups excluding carboxylic acids is 1. The van der Waals surface area contributed by atoms with Gasteiger partial charge in [-0.3, -0.25) is 9.69 Å². The number of nitrogens with zero attached hydrogens (tertiary/aromatic N) is 2. The lowest BCUT2D eigenvalue weighted by atomic mass is 10.1. The van der Waals surface area contributed by atoms with Crippen molar-refractivity contribution in [1.29, 1.82) is 0 Å². The van der Waals surface area contributed by atoms with E-state index in [-0.39, 0.29) is 12.0 Å². The third-order valence-electron chi connectivity index (χ3n) is 3.32. The molecule has 4 nitrogen and oxygen atoms in total. The van der Waals surface area contributed by atoms with E-state index in [2.05, 4.69) is 0 Å². The van der Waals surface area contributed by atoms with Gasteiger partial charge in [-0.15, -0.1) is 0 Å². The van der Waals surface area contributed by atoms with Crippen LogP contribution < -0.4 is 4.90 Å². The van der Waals surface area contributed by atoms with Crippen LogP contribution in [0, 0.1) is 6.92 Å². The van der Waals surface area contributed by atoms with Gasteiger partial charge in [0.15, 0.2) is 0 Å². The van der Waals surface area contributed by atoms with Gasteiger partial charge in [0.2, 0.25) is 5.91 Å². The Morgan fingerprint density at radius 3 is 2.67 bits per heavy atom. The fourth-order valence-corrected chi connectivity index (χ4v) is 2.30. The van der Waals surface area contributed by atoms with Crippen LogP contribution in [-0.2, 0) is 4.79 Å². The Kier molecular flexibility index (Phi) is 3.99. The van der Waals surface area contributed by atoms with E-state index in [9.17, 15) is 9.90 Å². The molecule has 1 heterocycles. The number of hydrogen-bond donors (Lipinski definition) is 1. The molecule has 0 atom stereocenters. The molecule has 0 radical (unpaired) electrons. The molecule has 1 aliphatic heterocycles. The first-order chi connectivity index (χ1) is 8.61. The number of hydrogen-bond acceptors (Lipinski definition) is 3. The van der Waals surface area contributed by atoms with Gasteiger partial charge in [0.1, 0.15) is 0 Å². The summed E-state index contributed by atoms with van der Waals surface area (Å²) in [6.07, 6.45) is -0.258. The fraction of sp³-hybridized carbons (Fsp3) is 0.500. The normalized spacial score (nSPS) is 16.4. The average molecular weight is 248 g/mol. The van der Waals surface area contributed by atoms with E-state index in [1.165, 1.54) is 0 Å². The first kappa shape index (κ1) is 13.1. The summed E-state index contributed by atoms with van der Waals surface area (Å²) in [5, 5.41) is 9.22. The second-order valence-corrected chi connectivity index (χ2v) is 4.77. The molecule has 0 spiro atoms. The number of likely N-dealkylation sites (tertiary alicyclic amines) is 1. The number of β-amino-alcohol motifs (C(OH)–C–C–N with tert-alkyl or cyclic N) is 1. The van der Waals surface area contributed by atoms with E-state index in [1.807, 2.05) is 43.0 Å². The minimum absolute atomic E-state index is 0.0960. The van der Waals surface area contributed by atoms with Crippen LogP contribution in [-0.4, -0.2) is 48.2 Å². The maximum absolute atomic E-state index is 12.2. The van der Waals surface area contributed by atoms with Crippen LogP contribution in [0.2, 0.25) is 0 Å². The quantitative estimate of drug-likeness (QED) is 0.865. The van der Waals surface area contributed by atoms with Crippen LogP contribution in [0.4, 0.5) is 5.69 Å². The van der Waals surface area contributed by atoms with E-state index in [4.69, 9.17) is 0 Å². The molecular formula is C14H20N2O2. The smallest absolute Gasteiger partial charge is 0.241 e. The number of carbonyl (C=O) groups is 1. The minimum atomic E-state index is -0.258. The molecule has 0 saturated carbocycles. The third-order valence-corrected chi connectivity index (χ3v) is 3.32. The zero-order chi connectivity index (χ0) is 13.1. The highest BCUT2D eigenvalue weighted by atomic mass is 16.3. The number of aliphatic hydroxyl groups excluding tert-OH is 1. The molecule has 0 aliphatic carbocycles. The van der Waals surface area contributed by atoms with Gasteiger partial charge in [-0.1, -0.05) is 18.2 Å². The topological polar surface area (TPSA) is 43.8 Å². The number of rotatable bonds is 4. The van der Waals surface area contributed by atoms with Gasteiger partial charge in [0.25, 0.3) is 0 Å². The van der Waals surface area contributed by atoms with Crippen LogP contribution in [0.5, 0.6) is 0 Å². The zero-order valence-electron chi connectivity index (χ0n) is 11.0.